The van der Waals surface area contributed by atoms with E-state index in [4.69, 9.17) is 4.74 Å². The van der Waals surface area contributed by atoms with Gasteiger partial charge in [0.2, 0.25) is 0 Å². The summed E-state index contributed by atoms with van der Waals surface area (Å²) in [5, 5.41) is 7.59. The standard InChI is InChI=1S/C23H34N4O2/c1-4-19(5-2)27-21(13-14-25-27)23(28)24-17-22(26-15-7-6-8-16-26)18-9-11-20(29-3)12-10-18/h9-14,19,22H,4-8,15-17H2,1-3H3,(H,24,28)/t22-/m0/s1. The van der Waals surface area contributed by atoms with Crippen molar-refractivity contribution in [1.82, 2.24) is 20.0 Å². The van der Waals surface area contributed by atoms with Crippen LogP contribution in [0.1, 0.15) is 74.1 Å². The van der Waals surface area contributed by atoms with Crippen LogP contribution in [0.2, 0.25) is 0 Å². The highest BCUT2D eigenvalue weighted by Gasteiger charge is 2.24. The Morgan fingerprint density at radius 3 is 2.41 bits per heavy atom. The fourth-order valence-corrected chi connectivity index (χ4v) is 4.21. The summed E-state index contributed by atoms with van der Waals surface area (Å²) in [6, 6.07) is 10.4. The minimum Gasteiger partial charge on any atom is -0.497 e. The van der Waals surface area contributed by atoms with Crippen molar-refractivity contribution in [2.45, 2.75) is 58.0 Å². The zero-order valence-electron chi connectivity index (χ0n) is 17.9. The summed E-state index contributed by atoms with van der Waals surface area (Å²) in [7, 11) is 1.68. The molecule has 0 radical (unpaired) electrons. The van der Waals surface area contributed by atoms with E-state index in [2.05, 4.69) is 41.3 Å². The fourth-order valence-electron chi connectivity index (χ4n) is 4.21. The Morgan fingerprint density at radius 2 is 1.79 bits per heavy atom. The number of carbonyl (C=O) groups is 1. The summed E-state index contributed by atoms with van der Waals surface area (Å²) in [5.41, 5.74) is 1.85. The van der Waals surface area contributed by atoms with Crippen LogP contribution in [0.3, 0.4) is 0 Å². The Labute approximate surface area is 174 Å². The molecule has 6 nitrogen and oxygen atoms in total. The molecule has 1 atom stereocenters. The molecule has 2 heterocycles. The molecule has 0 aliphatic carbocycles. The normalized spacial score (nSPS) is 16.0. The van der Waals surface area contributed by atoms with Crippen LogP contribution in [0, 0.1) is 0 Å². The van der Waals surface area contributed by atoms with Crippen molar-refractivity contribution < 1.29 is 9.53 Å². The number of benzene rings is 1. The largest absolute Gasteiger partial charge is 0.497 e. The number of methoxy groups -OCH3 is 1. The average molecular weight is 399 g/mol. The van der Waals surface area contributed by atoms with Crippen molar-refractivity contribution in [2.75, 3.05) is 26.7 Å². The fraction of sp³-hybridized carbons (Fsp3) is 0.565. The van der Waals surface area contributed by atoms with E-state index in [0.29, 0.717) is 12.2 Å². The lowest BCUT2D eigenvalue weighted by Gasteiger charge is -2.35. The molecule has 1 aliphatic rings. The molecule has 1 aliphatic heterocycles. The third-order valence-corrected chi connectivity index (χ3v) is 5.98. The van der Waals surface area contributed by atoms with Gasteiger partial charge in [-0.3, -0.25) is 14.4 Å². The Bertz CT molecular complexity index is 761. The second-order valence-electron chi connectivity index (χ2n) is 7.73. The molecule has 1 saturated heterocycles. The van der Waals surface area contributed by atoms with Gasteiger partial charge in [-0.05, 0) is 62.5 Å². The molecule has 0 bridgehead atoms. The first-order chi connectivity index (χ1) is 14.2. The quantitative estimate of drug-likeness (QED) is 0.687. The van der Waals surface area contributed by atoms with Crippen molar-refractivity contribution in [2.24, 2.45) is 0 Å². The zero-order chi connectivity index (χ0) is 20.6. The number of likely N-dealkylation sites (tertiary alicyclic amines) is 1. The molecule has 2 aromatic rings. The van der Waals surface area contributed by atoms with Gasteiger partial charge >= 0.3 is 0 Å². The van der Waals surface area contributed by atoms with Crippen molar-refractivity contribution in [3.05, 3.63) is 47.8 Å². The van der Waals surface area contributed by atoms with E-state index in [1.54, 1.807) is 13.3 Å². The predicted molar refractivity (Wildman–Crippen MR) is 115 cm³/mol. The van der Waals surface area contributed by atoms with Crippen LogP contribution in [0.15, 0.2) is 36.5 Å². The lowest BCUT2D eigenvalue weighted by Crippen LogP contribution is -2.41. The third kappa shape index (κ3) is 5.18. The smallest absolute Gasteiger partial charge is 0.269 e. The summed E-state index contributed by atoms with van der Waals surface area (Å²) < 4.78 is 7.18. The van der Waals surface area contributed by atoms with Gasteiger partial charge in [0, 0.05) is 12.7 Å². The molecule has 1 aromatic heterocycles. The van der Waals surface area contributed by atoms with Gasteiger partial charge < -0.3 is 10.1 Å². The monoisotopic (exact) mass is 398 g/mol. The summed E-state index contributed by atoms with van der Waals surface area (Å²) in [5.74, 6) is 0.800. The molecule has 0 unspecified atom stereocenters. The molecule has 158 valence electrons. The first kappa shape index (κ1) is 21.4. The summed E-state index contributed by atoms with van der Waals surface area (Å²) in [6.45, 7) is 6.98. The molecule has 1 amide bonds. The van der Waals surface area contributed by atoms with E-state index in [9.17, 15) is 4.79 Å². The van der Waals surface area contributed by atoms with E-state index in [0.717, 1.165) is 31.7 Å². The van der Waals surface area contributed by atoms with Crippen LogP contribution < -0.4 is 10.1 Å². The topological polar surface area (TPSA) is 59.4 Å². The van der Waals surface area contributed by atoms with Crippen LogP contribution in [-0.4, -0.2) is 47.3 Å². The van der Waals surface area contributed by atoms with Crippen molar-refractivity contribution >= 4 is 5.91 Å². The summed E-state index contributed by atoms with van der Waals surface area (Å²) in [6.07, 6.45) is 7.34. The highest BCUT2D eigenvalue weighted by molar-refractivity contribution is 5.92. The Morgan fingerprint density at radius 1 is 1.10 bits per heavy atom. The number of nitrogens with zero attached hydrogens (tertiary/aromatic N) is 3. The molecular weight excluding hydrogens is 364 g/mol. The maximum absolute atomic E-state index is 13.0. The maximum Gasteiger partial charge on any atom is 0.269 e. The number of rotatable bonds is 9. The van der Waals surface area contributed by atoms with Crippen LogP contribution in [0.5, 0.6) is 5.75 Å². The Kier molecular flexibility index (Phi) is 7.69. The highest BCUT2D eigenvalue weighted by Crippen LogP contribution is 2.26. The lowest BCUT2D eigenvalue weighted by atomic mass is 10.0. The second-order valence-corrected chi connectivity index (χ2v) is 7.73. The van der Waals surface area contributed by atoms with Gasteiger partial charge in [-0.15, -0.1) is 0 Å². The average Bonchev–Trinajstić information content (AvgIpc) is 3.25. The van der Waals surface area contributed by atoms with E-state index in [1.165, 1.54) is 24.8 Å². The van der Waals surface area contributed by atoms with Crippen LogP contribution in [0.4, 0.5) is 0 Å². The van der Waals surface area contributed by atoms with Gasteiger partial charge in [0.05, 0.1) is 19.2 Å². The van der Waals surface area contributed by atoms with Gasteiger partial charge in [-0.1, -0.05) is 32.4 Å². The van der Waals surface area contributed by atoms with E-state index in [1.807, 2.05) is 22.9 Å². The van der Waals surface area contributed by atoms with Gasteiger partial charge in [0.25, 0.3) is 5.91 Å². The maximum atomic E-state index is 13.0. The Hall–Kier alpha value is -2.34. The molecule has 0 spiro atoms. The summed E-state index contributed by atoms with van der Waals surface area (Å²) >= 11 is 0. The van der Waals surface area contributed by atoms with Gasteiger partial charge in [-0.2, -0.15) is 5.10 Å². The number of nitrogens with one attached hydrogen (secondary N) is 1. The lowest BCUT2D eigenvalue weighted by molar-refractivity contribution is 0.0910. The van der Waals surface area contributed by atoms with Crippen LogP contribution in [0.25, 0.3) is 0 Å². The number of hydrogen-bond acceptors (Lipinski definition) is 4. The number of hydrogen-bond donors (Lipinski definition) is 1. The predicted octanol–water partition coefficient (Wildman–Crippen LogP) is 4.21. The van der Waals surface area contributed by atoms with Gasteiger partial charge in [0.15, 0.2) is 0 Å². The first-order valence-electron chi connectivity index (χ1n) is 10.9. The number of amides is 1. The van der Waals surface area contributed by atoms with E-state index in [-0.39, 0.29) is 18.0 Å². The molecular formula is C23H34N4O2. The van der Waals surface area contributed by atoms with Crippen molar-refractivity contribution in [3.63, 3.8) is 0 Å². The van der Waals surface area contributed by atoms with E-state index < -0.39 is 0 Å². The minimum atomic E-state index is -0.0510. The molecule has 1 aromatic carbocycles. The highest BCUT2D eigenvalue weighted by atomic mass is 16.5. The zero-order valence-corrected chi connectivity index (χ0v) is 17.9. The van der Waals surface area contributed by atoms with Gasteiger partial charge in [0.1, 0.15) is 11.4 Å². The van der Waals surface area contributed by atoms with Crippen molar-refractivity contribution in [3.8, 4) is 5.75 Å². The van der Waals surface area contributed by atoms with E-state index >= 15 is 0 Å². The molecule has 29 heavy (non-hydrogen) atoms. The molecule has 1 fully saturated rings. The van der Waals surface area contributed by atoms with Crippen molar-refractivity contribution in [1.29, 1.82) is 0 Å². The first-order valence-corrected chi connectivity index (χ1v) is 10.9. The Balaban J connectivity index is 1.74. The molecule has 6 heteroatoms. The van der Waals surface area contributed by atoms with Gasteiger partial charge in [-0.25, -0.2) is 0 Å². The molecule has 3 rings (SSSR count). The minimum absolute atomic E-state index is 0.0510. The number of piperidine rings is 1. The number of ether oxygens (including phenoxy) is 1. The summed E-state index contributed by atoms with van der Waals surface area (Å²) in [4.78, 5) is 15.5. The second kappa shape index (κ2) is 10.4. The van der Waals surface area contributed by atoms with Crippen LogP contribution >= 0.6 is 0 Å². The van der Waals surface area contributed by atoms with Crippen LogP contribution in [-0.2, 0) is 0 Å². The molecule has 1 N–H and O–H groups in total. The number of carbonyl (C=O) groups excluding carboxylic acids is 1. The SMILES string of the molecule is CCC(CC)n1nccc1C(=O)NC[C@@H](c1ccc(OC)cc1)N1CCCCC1. The number of aromatic nitrogens is 2. The molecule has 0 saturated carbocycles. The third-order valence-electron chi connectivity index (χ3n) is 5.98.